The molecule has 238 valence electrons. The Kier molecular flexibility index (Phi) is 5.96. The highest BCUT2D eigenvalue weighted by molar-refractivity contribution is 6.20. The van der Waals surface area contributed by atoms with Crippen LogP contribution in [0.3, 0.4) is 0 Å². The molecule has 0 spiro atoms. The number of nitrogens with zero attached hydrogens (tertiary/aromatic N) is 2. The van der Waals surface area contributed by atoms with Crippen LogP contribution in [0.2, 0.25) is 0 Å². The minimum atomic E-state index is 0.871. The van der Waals surface area contributed by atoms with Crippen LogP contribution >= 0.6 is 0 Å². The standard InChI is InChI=1S/C48H30N2O/c1-2-14-33(15-3-1)50-43-21-11-10-20-40(43)42-29-34(24-26-44(42)50)49(45-28-32-13-5-6-16-36(32)38-18-8-9-19-39(38)45)35-23-25-41-47(30-35)51-46-27-22-31-12-4-7-17-37(31)48(41)46/h1-30H. The lowest BCUT2D eigenvalue weighted by molar-refractivity contribution is 0.669. The summed E-state index contributed by atoms with van der Waals surface area (Å²) < 4.78 is 9.00. The van der Waals surface area contributed by atoms with E-state index in [2.05, 4.69) is 191 Å². The fourth-order valence-electron chi connectivity index (χ4n) is 8.28. The van der Waals surface area contributed by atoms with Crippen LogP contribution in [0.25, 0.3) is 81.7 Å². The van der Waals surface area contributed by atoms with Crippen molar-refractivity contribution in [1.82, 2.24) is 4.57 Å². The van der Waals surface area contributed by atoms with E-state index in [1.807, 2.05) is 0 Å². The first kappa shape index (κ1) is 28.0. The predicted octanol–water partition coefficient (Wildman–Crippen LogP) is 13.6. The van der Waals surface area contributed by atoms with Gasteiger partial charge in [-0.2, -0.15) is 0 Å². The fraction of sp³-hybridized carbons (Fsp3) is 0. The predicted molar refractivity (Wildman–Crippen MR) is 215 cm³/mol. The molecule has 3 nitrogen and oxygen atoms in total. The molecule has 2 aromatic heterocycles. The van der Waals surface area contributed by atoms with Gasteiger partial charge < -0.3 is 13.9 Å². The molecule has 0 aliphatic heterocycles. The molecular formula is C48H30N2O. The van der Waals surface area contributed by atoms with Crippen molar-refractivity contribution in [3.63, 3.8) is 0 Å². The van der Waals surface area contributed by atoms with Gasteiger partial charge in [-0.3, -0.25) is 0 Å². The molecule has 0 saturated carbocycles. The molecule has 3 heteroatoms. The normalized spacial score (nSPS) is 11.9. The van der Waals surface area contributed by atoms with E-state index in [9.17, 15) is 0 Å². The average Bonchev–Trinajstić information content (AvgIpc) is 3.74. The zero-order chi connectivity index (χ0) is 33.5. The molecule has 0 saturated heterocycles. The average molecular weight is 651 g/mol. The van der Waals surface area contributed by atoms with Crippen LogP contribution < -0.4 is 4.90 Å². The Morgan fingerprint density at radius 3 is 1.88 bits per heavy atom. The van der Waals surface area contributed by atoms with Gasteiger partial charge in [0, 0.05) is 50.1 Å². The van der Waals surface area contributed by atoms with Crippen LogP contribution in [-0.4, -0.2) is 4.57 Å². The Balaban J connectivity index is 1.21. The molecule has 0 N–H and O–H groups in total. The smallest absolute Gasteiger partial charge is 0.137 e. The second-order valence-electron chi connectivity index (χ2n) is 13.3. The summed E-state index contributed by atoms with van der Waals surface area (Å²) >= 11 is 0. The van der Waals surface area contributed by atoms with Crippen molar-refractivity contribution in [1.29, 1.82) is 0 Å². The maximum atomic E-state index is 6.63. The van der Waals surface area contributed by atoms with Crippen LogP contribution in [0, 0.1) is 0 Å². The Bertz CT molecular complexity index is 3150. The van der Waals surface area contributed by atoms with Crippen LogP contribution in [0.15, 0.2) is 186 Å². The van der Waals surface area contributed by atoms with Crippen molar-refractivity contribution in [3.05, 3.63) is 182 Å². The van der Waals surface area contributed by atoms with Gasteiger partial charge in [0.1, 0.15) is 11.2 Å². The summed E-state index contributed by atoms with van der Waals surface area (Å²) in [5.74, 6) is 0. The minimum Gasteiger partial charge on any atom is -0.456 e. The van der Waals surface area contributed by atoms with Gasteiger partial charge in [-0.05, 0) is 87.6 Å². The third-order valence-electron chi connectivity index (χ3n) is 10.5. The lowest BCUT2D eigenvalue weighted by Gasteiger charge is -2.28. The maximum Gasteiger partial charge on any atom is 0.137 e. The molecule has 2 heterocycles. The summed E-state index contributed by atoms with van der Waals surface area (Å²) in [5, 5.41) is 12.0. The van der Waals surface area contributed by atoms with E-state index in [1.165, 1.54) is 54.1 Å². The topological polar surface area (TPSA) is 21.3 Å². The third-order valence-corrected chi connectivity index (χ3v) is 10.5. The largest absolute Gasteiger partial charge is 0.456 e. The fourth-order valence-corrected chi connectivity index (χ4v) is 8.28. The van der Waals surface area contributed by atoms with Crippen LogP contribution in [-0.2, 0) is 0 Å². The van der Waals surface area contributed by atoms with Gasteiger partial charge in [-0.1, -0.05) is 115 Å². The van der Waals surface area contributed by atoms with Gasteiger partial charge in [-0.25, -0.2) is 0 Å². The first-order valence-corrected chi connectivity index (χ1v) is 17.4. The molecule has 51 heavy (non-hydrogen) atoms. The zero-order valence-electron chi connectivity index (χ0n) is 27.6. The van der Waals surface area contributed by atoms with E-state index < -0.39 is 0 Å². The zero-order valence-corrected chi connectivity index (χ0v) is 27.6. The number of aromatic nitrogens is 1. The van der Waals surface area contributed by atoms with Crippen molar-refractivity contribution in [2.45, 2.75) is 0 Å². The van der Waals surface area contributed by atoms with Gasteiger partial charge in [0.25, 0.3) is 0 Å². The molecule has 0 radical (unpaired) electrons. The lowest BCUT2D eigenvalue weighted by Crippen LogP contribution is -2.10. The summed E-state index contributed by atoms with van der Waals surface area (Å²) in [7, 11) is 0. The number of anilines is 3. The SMILES string of the molecule is c1ccc(-n2c3ccccc3c3cc(N(c4ccc5c(c4)oc4ccc6ccccc6c45)c4cc5ccccc5c5ccccc45)ccc32)cc1. The first-order valence-electron chi connectivity index (χ1n) is 17.4. The Morgan fingerprint density at radius 2 is 1.02 bits per heavy atom. The van der Waals surface area contributed by atoms with Crippen LogP contribution in [0.1, 0.15) is 0 Å². The summed E-state index contributed by atoms with van der Waals surface area (Å²) in [5.41, 5.74) is 8.53. The van der Waals surface area contributed by atoms with Crippen molar-refractivity contribution in [3.8, 4) is 5.69 Å². The number of fused-ring (bicyclic) bond motifs is 11. The van der Waals surface area contributed by atoms with Crippen molar-refractivity contribution < 1.29 is 4.42 Å². The number of para-hydroxylation sites is 2. The lowest BCUT2D eigenvalue weighted by atomic mass is 9.98. The highest BCUT2D eigenvalue weighted by Crippen LogP contribution is 2.45. The minimum absolute atomic E-state index is 0.871. The van der Waals surface area contributed by atoms with Crippen molar-refractivity contribution >= 4 is 93.1 Å². The van der Waals surface area contributed by atoms with Crippen molar-refractivity contribution in [2.24, 2.45) is 0 Å². The second-order valence-corrected chi connectivity index (χ2v) is 13.3. The van der Waals surface area contributed by atoms with Gasteiger partial charge in [0.05, 0.1) is 16.7 Å². The quantitative estimate of drug-likeness (QED) is 0.177. The third kappa shape index (κ3) is 4.19. The Hall–Kier alpha value is -6.84. The second kappa shape index (κ2) is 10.8. The van der Waals surface area contributed by atoms with Crippen molar-refractivity contribution in [2.75, 3.05) is 4.90 Å². The monoisotopic (exact) mass is 650 g/mol. The molecule has 0 bridgehead atoms. The number of hydrogen-bond donors (Lipinski definition) is 0. The summed E-state index contributed by atoms with van der Waals surface area (Å²) in [6, 6.07) is 65.6. The molecule has 9 aromatic carbocycles. The molecule has 11 rings (SSSR count). The van der Waals surface area contributed by atoms with E-state index in [0.29, 0.717) is 0 Å². The molecule has 11 aromatic rings. The van der Waals surface area contributed by atoms with Gasteiger partial charge >= 0.3 is 0 Å². The van der Waals surface area contributed by atoms with E-state index in [4.69, 9.17) is 4.42 Å². The summed E-state index contributed by atoms with van der Waals surface area (Å²) in [6.45, 7) is 0. The molecule has 0 amide bonds. The van der Waals surface area contributed by atoms with E-state index in [0.717, 1.165) is 44.7 Å². The summed E-state index contributed by atoms with van der Waals surface area (Å²) in [6.07, 6.45) is 0. The summed E-state index contributed by atoms with van der Waals surface area (Å²) in [4.78, 5) is 2.41. The highest BCUT2D eigenvalue weighted by Gasteiger charge is 2.21. The van der Waals surface area contributed by atoms with Gasteiger partial charge in [-0.15, -0.1) is 0 Å². The first-order chi connectivity index (χ1) is 25.3. The van der Waals surface area contributed by atoms with E-state index in [1.54, 1.807) is 0 Å². The molecule has 0 aliphatic rings. The van der Waals surface area contributed by atoms with E-state index >= 15 is 0 Å². The van der Waals surface area contributed by atoms with Crippen LogP contribution in [0.4, 0.5) is 17.1 Å². The molecule has 0 atom stereocenters. The number of benzene rings is 9. The van der Waals surface area contributed by atoms with Gasteiger partial charge in [0.15, 0.2) is 0 Å². The Morgan fingerprint density at radius 1 is 0.373 bits per heavy atom. The molecule has 0 unspecified atom stereocenters. The number of rotatable bonds is 4. The highest BCUT2D eigenvalue weighted by atomic mass is 16.3. The maximum absolute atomic E-state index is 6.63. The van der Waals surface area contributed by atoms with Crippen LogP contribution in [0.5, 0.6) is 0 Å². The van der Waals surface area contributed by atoms with E-state index in [-0.39, 0.29) is 0 Å². The number of furan rings is 1. The van der Waals surface area contributed by atoms with Gasteiger partial charge in [0.2, 0.25) is 0 Å². The molecule has 0 fully saturated rings. The Labute approximate surface area is 293 Å². The number of hydrogen-bond acceptors (Lipinski definition) is 2. The molecular weight excluding hydrogens is 621 g/mol. The molecule has 0 aliphatic carbocycles.